The minimum atomic E-state index is -0.0650. The highest BCUT2D eigenvalue weighted by atomic mass is 16.1. The fourth-order valence-electron chi connectivity index (χ4n) is 2.29. The van der Waals surface area contributed by atoms with Crippen molar-refractivity contribution in [1.29, 1.82) is 0 Å². The van der Waals surface area contributed by atoms with Gasteiger partial charge in [0.05, 0.1) is 0 Å². The molecule has 110 valence electrons. The first-order chi connectivity index (χ1) is 10.0. The summed E-state index contributed by atoms with van der Waals surface area (Å²) in [5, 5.41) is 6.09. The summed E-state index contributed by atoms with van der Waals surface area (Å²) >= 11 is 0. The molecular formula is C18H22N2O. The van der Waals surface area contributed by atoms with Gasteiger partial charge in [-0.3, -0.25) is 4.79 Å². The molecule has 0 saturated heterocycles. The molecule has 1 amide bonds. The Morgan fingerprint density at radius 1 is 1.05 bits per heavy atom. The highest BCUT2D eigenvalue weighted by Crippen LogP contribution is 2.19. The predicted octanol–water partition coefficient (Wildman–Crippen LogP) is 3.58. The molecule has 2 N–H and O–H groups in total. The van der Waals surface area contributed by atoms with E-state index in [9.17, 15) is 4.79 Å². The summed E-state index contributed by atoms with van der Waals surface area (Å²) in [7, 11) is 1.64. The van der Waals surface area contributed by atoms with Gasteiger partial charge in [0.15, 0.2) is 0 Å². The molecule has 3 heteroatoms. The number of hydrogen-bond donors (Lipinski definition) is 2. The lowest BCUT2D eigenvalue weighted by atomic mass is 10.0. The maximum Gasteiger partial charge on any atom is 0.251 e. The third-order valence-electron chi connectivity index (χ3n) is 3.91. The molecule has 0 bridgehead atoms. The SMILES string of the molecule is CNC(=O)c1ccc(C)c(NCc2cccc(C)c2C)c1. The third-order valence-corrected chi connectivity index (χ3v) is 3.91. The number of carbonyl (C=O) groups excluding carboxylic acids is 1. The number of amides is 1. The lowest BCUT2D eigenvalue weighted by Crippen LogP contribution is -2.18. The standard InChI is InChI=1S/C18H22N2O/c1-12-6-5-7-16(14(12)3)11-20-17-10-15(18(21)19-4)9-8-13(17)2/h5-10,20H,11H2,1-4H3,(H,19,21). The Kier molecular flexibility index (Phi) is 4.63. The molecule has 0 unspecified atom stereocenters. The molecule has 3 nitrogen and oxygen atoms in total. The van der Waals surface area contributed by atoms with Crippen LogP contribution in [0, 0.1) is 20.8 Å². The number of benzene rings is 2. The summed E-state index contributed by atoms with van der Waals surface area (Å²) in [6, 6.07) is 12.0. The van der Waals surface area contributed by atoms with Crippen molar-refractivity contribution in [3.63, 3.8) is 0 Å². The molecular weight excluding hydrogens is 260 g/mol. The topological polar surface area (TPSA) is 41.1 Å². The molecule has 2 rings (SSSR count). The second-order valence-corrected chi connectivity index (χ2v) is 5.32. The van der Waals surface area contributed by atoms with Gasteiger partial charge in [-0.15, -0.1) is 0 Å². The zero-order chi connectivity index (χ0) is 15.4. The van der Waals surface area contributed by atoms with E-state index in [1.165, 1.54) is 16.7 Å². The van der Waals surface area contributed by atoms with Crippen molar-refractivity contribution in [3.8, 4) is 0 Å². The largest absolute Gasteiger partial charge is 0.381 e. The number of anilines is 1. The summed E-state index contributed by atoms with van der Waals surface area (Å²) in [6.45, 7) is 7.06. The molecule has 0 radical (unpaired) electrons. The van der Waals surface area contributed by atoms with Gasteiger partial charge in [0, 0.05) is 24.8 Å². The van der Waals surface area contributed by atoms with Crippen LogP contribution in [0.4, 0.5) is 5.69 Å². The predicted molar refractivity (Wildman–Crippen MR) is 87.8 cm³/mol. The van der Waals surface area contributed by atoms with Crippen LogP contribution in [0.5, 0.6) is 0 Å². The minimum absolute atomic E-state index is 0.0650. The smallest absolute Gasteiger partial charge is 0.251 e. The van der Waals surface area contributed by atoms with Gasteiger partial charge < -0.3 is 10.6 Å². The van der Waals surface area contributed by atoms with Gasteiger partial charge in [0.25, 0.3) is 5.91 Å². The number of carbonyl (C=O) groups is 1. The molecule has 0 aliphatic heterocycles. The number of rotatable bonds is 4. The average molecular weight is 282 g/mol. The van der Waals surface area contributed by atoms with Crippen LogP contribution in [0.3, 0.4) is 0 Å². The Hall–Kier alpha value is -2.29. The van der Waals surface area contributed by atoms with E-state index in [1.54, 1.807) is 7.05 Å². The summed E-state index contributed by atoms with van der Waals surface area (Å²) < 4.78 is 0. The summed E-state index contributed by atoms with van der Waals surface area (Å²) in [6.07, 6.45) is 0. The third kappa shape index (κ3) is 3.43. The molecule has 0 aromatic heterocycles. The van der Waals surface area contributed by atoms with Crippen molar-refractivity contribution in [2.75, 3.05) is 12.4 Å². The lowest BCUT2D eigenvalue weighted by molar-refractivity contribution is 0.0963. The maximum absolute atomic E-state index is 11.7. The molecule has 21 heavy (non-hydrogen) atoms. The van der Waals surface area contributed by atoms with Crippen LogP contribution >= 0.6 is 0 Å². The zero-order valence-corrected chi connectivity index (χ0v) is 13.1. The van der Waals surface area contributed by atoms with Gasteiger partial charge in [0.1, 0.15) is 0 Å². The summed E-state index contributed by atoms with van der Waals surface area (Å²) in [5.74, 6) is -0.0650. The van der Waals surface area contributed by atoms with Crippen LogP contribution in [0.2, 0.25) is 0 Å². The average Bonchev–Trinajstić information content (AvgIpc) is 2.49. The fourth-order valence-corrected chi connectivity index (χ4v) is 2.29. The van der Waals surface area contributed by atoms with Crippen LogP contribution in [-0.2, 0) is 6.54 Å². The second kappa shape index (κ2) is 6.44. The Morgan fingerprint density at radius 3 is 2.52 bits per heavy atom. The lowest BCUT2D eigenvalue weighted by Gasteiger charge is -2.13. The maximum atomic E-state index is 11.7. The Bertz CT molecular complexity index is 662. The van der Waals surface area contributed by atoms with E-state index in [-0.39, 0.29) is 5.91 Å². The molecule has 0 atom stereocenters. The van der Waals surface area contributed by atoms with E-state index >= 15 is 0 Å². The number of aryl methyl sites for hydroxylation is 2. The van der Waals surface area contributed by atoms with Gasteiger partial charge in [-0.1, -0.05) is 24.3 Å². The quantitative estimate of drug-likeness (QED) is 0.900. The van der Waals surface area contributed by atoms with E-state index in [0.29, 0.717) is 5.56 Å². The van der Waals surface area contributed by atoms with Gasteiger partial charge in [-0.2, -0.15) is 0 Å². The van der Waals surface area contributed by atoms with E-state index in [0.717, 1.165) is 17.8 Å². The molecule has 0 aliphatic carbocycles. The number of nitrogens with one attached hydrogen (secondary N) is 2. The van der Waals surface area contributed by atoms with Gasteiger partial charge >= 0.3 is 0 Å². The molecule has 0 saturated carbocycles. The van der Waals surface area contributed by atoms with Crippen LogP contribution < -0.4 is 10.6 Å². The molecule has 0 spiro atoms. The first kappa shape index (κ1) is 15.1. The zero-order valence-electron chi connectivity index (χ0n) is 13.1. The fraction of sp³-hybridized carbons (Fsp3) is 0.278. The monoisotopic (exact) mass is 282 g/mol. The van der Waals surface area contributed by atoms with Crippen molar-refractivity contribution >= 4 is 11.6 Å². The van der Waals surface area contributed by atoms with Crippen molar-refractivity contribution < 1.29 is 4.79 Å². The van der Waals surface area contributed by atoms with Crippen LogP contribution in [-0.4, -0.2) is 13.0 Å². The highest BCUT2D eigenvalue weighted by Gasteiger charge is 2.07. The Morgan fingerprint density at radius 2 is 1.81 bits per heavy atom. The molecule has 2 aromatic rings. The first-order valence-corrected chi connectivity index (χ1v) is 7.14. The highest BCUT2D eigenvalue weighted by molar-refractivity contribution is 5.95. The number of hydrogen-bond acceptors (Lipinski definition) is 2. The summed E-state index contributed by atoms with van der Waals surface area (Å²) in [5.41, 5.74) is 6.69. The second-order valence-electron chi connectivity index (χ2n) is 5.32. The summed E-state index contributed by atoms with van der Waals surface area (Å²) in [4.78, 5) is 11.7. The first-order valence-electron chi connectivity index (χ1n) is 7.14. The Labute approximate surface area is 126 Å². The van der Waals surface area contributed by atoms with E-state index in [4.69, 9.17) is 0 Å². The van der Waals surface area contributed by atoms with Crippen molar-refractivity contribution in [2.45, 2.75) is 27.3 Å². The van der Waals surface area contributed by atoms with Gasteiger partial charge in [-0.05, 0) is 55.2 Å². The van der Waals surface area contributed by atoms with Crippen molar-refractivity contribution in [3.05, 3.63) is 64.2 Å². The normalized spacial score (nSPS) is 10.3. The van der Waals surface area contributed by atoms with Crippen LogP contribution in [0.1, 0.15) is 32.6 Å². The van der Waals surface area contributed by atoms with Crippen molar-refractivity contribution in [2.24, 2.45) is 0 Å². The molecule has 2 aromatic carbocycles. The molecule has 0 fully saturated rings. The van der Waals surface area contributed by atoms with Crippen molar-refractivity contribution in [1.82, 2.24) is 5.32 Å². The Balaban J connectivity index is 2.19. The molecule has 0 aliphatic rings. The minimum Gasteiger partial charge on any atom is -0.381 e. The van der Waals surface area contributed by atoms with Gasteiger partial charge in [-0.25, -0.2) is 0 Å². The molecule has 0 heterocycles. The van der Waals surface area contributed by atoms with Gasteiger partial charge in [0.2, 0.25) is 0 Å². The van der Waals surface area contributed by atoms with E-state index in [2.05, 4.69) is 42.7 Å². The van der Waals surface area contributed by atoms with E-state index < -0.39 is 0 Å². The van der Waals surface area contributed by atoms with Crippen LogP contribution in [0.25, 0.3) is 0 Å². The van der Waals surface area contributed by atoms with Crippen LogP contribution in [0.15, 0.2) is 36.4 Å². The van der Waals surface area contributed by atoms with E-state index in [1.807, 2.05) is 25.1 Å².